The molecular formula is C20H16N2O2S2. The Morgan fingerprint density at radius 2 is 1.12 bits per heavy atom. The highest BCUT2D eigenvalue weighted by Crippen LogP contribution is 2.43. The molecule has 0 fully saturated rings. The number of aromatic nitrogens is 2. The second-order valence-corrected chi connectivity index (χ2v) is 7.71. The van der Waals surface area contributed by atoms with E-state index < -0.39 is 0 Å². The summed E-state index contributed by atoms with van der Waals surface area (Å²) in [7, 11) is 6.69. The van der Waals surface area contributed by atoms with Gasteiger partial charge in [-0.05, 0) is 36.4 Å². The fourth-order valence-electron chi connectivity index (χ4n) is 2.83. The molecule has 0 spiro atoms. The number of ether oxygens (including phenoxy) is 2. The highest BCUT2D eigenvalue weighted by molar-refractivity contribution is 8.76. The van der Waals surface area contributed by atoms with Crippen LogP contribution in [0.2, 0.25) is 0 Å². The van der Waals surface area contributed by atoms with E-state index in [0.717, 1.165) is 43.1 Å². The Morgan fingerprint density at radius 1 is 0.654 bits per heavy atom. The first-order chi connectivity index (χ1) is 12.8. The van der Waals surface area contributed by atoms with Gasteiger partial charge in [-0.3, -0.25) is 9.97 Å². The molecule has 130 valence electrons. The second kappa shape index (κ2) is 7.43. The van der Waals surface area contributed by atoms with Crippen LogP contribution in [0.15, 0.2) is 70.7 Å². The normalized spacial score (nSPS) is 11.0. The molecule has 0 N–H and O–H groups in total. The van der Waals surface area contributed by atoms with Crippen molar-refractivity contribution in [1.82, 2.24) is 9.97 Å². The number of benzene rings is 2. The van der Waals surface area contributed by atoms with Gasteiger partial charge in [-0.15, -0.1) is 0 Å². The molecule has 4 rings (SSSR count). The lowest BCUT2D eigenvalue weighted by Crippen LogP contribution is -1.88. The van der Waals surface area contributed by atoms with E-state index in [9.17, 15) is 0 Å². The van der Waals surface area contributed by atoms with Crippen molar-refractivity contribution in [3.63, 3.8) is 0 Å². The molecule has 0 aliphatic rings. The molecule has 6 heteroatoms. The molecule has 2 aromatic heterocycles. The summed E-state index contributed by atoms with van der Waals surface area (Å²) in [6, 6.07) is 16.0. The number of pyridine rings is 2. The number of hydrogen-bond acceptors (Lipinski definition) is 6. The van der Waals surface area contributed by atoms with Gasteiger partial charge in [-0.25, -0.2) is 0 Å². The van der Waals surface area contributed by atoms with Crippen molar-refractivity contribution >= 4 is 43.4 Å². The van der Waals surface area contributed by atoms with Gasteiger partial charge in [-0.2, -0.15) is 0 Å². The minimum atomic E-state index is 0.832. The van der Waals surface area contributed by atoms with Crippen molar-refractivity contribution in [2.45, 2.75) is 9.79 Å². The monoisotopic (exact) mass is 380 g/mol. The highest BCUT2D eigenvalue weighted by Gasteiger charge is 2.11. The summed E-state index contributed by atoms with van der Waals surface area (Å²) >= 11 is 0. The summed E-state index contributed by atoms with van der Waals surface area (Å²) in [6.45, 7) is 0. The van der Waals surface area contributed by atoms with Crippen molar-refractivity contribution in [2.75, 3.05) is 14.2 Å². The molecule has 0 atom stereocenters. The SMILES string of the molecule is COc1ccnc2c(SSc3cccc4c(OC)ccnc34)cccc12. The Balaban J connectivity index is 1.70. The van der Waals surface area contributed by atoms with Crippen LogP contribution >= 0.6 is 21.6 Å². The predicted octanol–water partition coefficient (Wildman–Crippen LogP) is 5.60. The van der Waals surface area contributed by atoms with Gasteiger partial charge in [-0.1, -0.05) is 33.7 Å². The Labute approximate surface area is 159 Å². The lowest BCUT2D eigenvalue weighted by Gasteiger charge is -2.10. The maximum absolute atomic E-state index is 5.45. The van der Waals surface area contributed by atoms with Crippen LogP contribution < -0.4 is 9.47 Å². The van der Waals surface area contributed by atoms with Crippen LogP contribution in [0.4, 0.5) is 0 Å². The molecule has 0 aliphatic heterocycles. The Hall–Kier alpha value is -2.44. The number of fused-ring (bicyclic) bond motifs is 2. The number of para-hydroxylation sites is 2. The lowest BCUT2D eigenvalue weighted by atomic mass is 10.2. The van der Waals surface area contributed by atoms with Gasteiger partial charge in [0, 0.05) is 33.0 Å². The van der Waals surface area contributed by atoms with E-state index in [0.29, 0.717) is 0 Å². The number of hydrogen-bond donors (Lipinski definition) is 0. The van der Waals surface area contributed by atoms with E-state index in [-0.39, 0.29) is 0 Å². The predicted molar refractivity (Wildman–Crippen MR) is 108 cm³/mol. The van der Waals surface area contributed by atoms with Gasteiger partial charge in [0.1, 0.15) is 11.5 Å². The minimum absolute atomic E-state index is 0.832. The Kier molecular flexibility index (Phi) is 4.86. The summed E-state index contributed by atoms with van der Waals surface area (Å²) in [5.41, 5.74) is 1.88. The van der Waals surface area contributed by atoms with E-state index >= 15 is 0 Å². The van der Waals surface area contributed by atoms with Crippen LogP contribution in [0.5, 0.6) is 11.5 Å². The zero-order chi connectivity index (χ0) is 17.9. The van der Waals surface area contributed by atoms with Gasteiger partial charge in [0.2, 0.25) is 0 Å². The van der Waals surface area contributed by atoms with E-state index in [1.807, 2.05) is 36.4 Å². The molecule has 2 heterocycles. The molecule has 4 nitrogen and oxygen atoms in total. The van der Waals surface area contributed by atoms with Crippen LogP contribution in [-0.4, -0.2) is 24.2 Å². The largest absolute Gasteiger partial charge is 0.496 e. The molecule has 0 bridgehead atoms. The van der Waals surface area contributed by atoms with Crippen LogP contribution in [0.3, 0.4) is 0 Å². The first-order valence-electron chi connectivity index (χ1n) is 8.00. The molecule has 0 radical (unpaired) electrons. The van der Waals surface area contributed by atoms with Gasteiger partial charge in [0.25, 0.3) is 0 Å². The molecule has 2 aromatic carbocycles. The summed E-state index contributed by atoms with van der Waals surface area (Å²) in [5.74, 6) is 1.66. The topological polar surface area (TPSA) is 44.2 Å². The van der Waals surface area contributed by atoms with E-state index in [1.165, 1.54) is 0 Å². The van der Waals surface area contributed by atoms with Crippen molar-refractivity contribution in [3.8, 4) is 11.5 Å². The lowest BCUT2D eigenvalue weighted by molar-refractivity contribution is 0.419. The molecule has 26 heavy (non-hydrogen) atoms. The maximum Gasteiger partial charge on any atom is 0.129 e. The van der Waals surface area contributed by atoms with Crippen LogP contribution in [-0.2, 0) is 0 Å². The van der Waals surface area contributed by atoms with Crippen LogP contribution in [0.25, 0.3) is 21.8 Å². The molecule has 0 saturated carbocycles. The van der Waals surface area contributed by atoms with Gasteiger partial charge < -0.3 is 9.47 Å². The van der Waals surface area contributed by atoms with Crippen LogP contribution in [0.1, 0.15) is 0 Å². The Bertz CT molecular complexity index is 998. The average molecular weight is 380 g/mol. The summed E-state index contributed by atoms with van der Waals surface area (Å²) < 4.78 is 10.9. The van der Waals surface area contributed by atoms with Gasteiger partial charge in [0.15, 0.2) is 0 Å². The van der Waals surface area contributed by atoms with Gasteiger partial charge >= 0.3 is 0 Å². The Morgan fingerprint density at radius 3 is 1.54 bits per heavy atom. The molecule has 0 saturated heterocycles. The first-order valence-corrected chi connectivity index (χ1v) is 10.1. The second-order valence-electron chi connectivity index (χ2n) is 5.50. The third-order valence-corrected chi connectivity index (χ3v) is 6.48. The third kappa shape index (κ3) is 3.06. The smallest absolute Gasteiger partial charge is 0.129 e. The molecule has 0 aliphatic carbocycles. The molecule has 4 aromatic rings. The zero-order valence-electron chi connectivity index (χ0n) is 14.3. The van der Waals surface area contributed by atoms with Crippen molar-refractivity contribution in [2.24, 2.45) is 0 Å². The summed E-state index contributed by atoms with van der Waals surface area (Å²) in [4.78, 5) is 11.3. The average Bonchev–Trinajstić information content (AvgIpc) is 2.71. The highest BCUT2D eigenvalue weighted by atomic mass is 33.1. The zero-order valence-corrected chi connectivity index (χ0v) is 15.9. The first kappa shape index (κ1) is 17.0. The minimum Gasteiger partial charge on any atom is -0.496 e. The number of methoxy groups -OCH3 is 2. The van der Waals surface area contributed by atoms with E-state index in [4.69, 9.17) is 9.47 Å². The standard InChI is InChI=1S/C20H16N2O2S2/c1-23-15-9-11-21-19-13(15)5-3-7-17(19)25-26-18-8-4-6-14-16(24-2)10-12-22-20(14)18/h3-12H,1-2H3. The molecule has 0 unspecified atom stereocenters. The van der Waals surface area contributed by atoms with Crippen molar-refractivity contribution in [1.29, 1.82) is 0 Å². The molecule has 0 amide bonds. The van der Waals surface area contributed by atoms with Crippen LogP contribution in [0, 0.1) is 0 Å². The molecular weight excluding hydrogens is 364 g/mol. The van der Waals surface area contributed by atoms with Crippen molar-refractivity contribution in [3.05, 3.63) is 60.9 Å². The van der Waals surface area contributed by atoms with Crippen molar-refractivity contribution < 1.29 is 9.47 Å². The summed E-state index contributed by atoms with van der Waals surface area (Å²) in [6.07, 6.45) is 3.56. The van der Waals surface area contributed by atoms with E-state index in [2.05, 4.69) is 22.1 Å². The maximum atomic E-state index is 5.45. The van der Waals surface area contributed by atoms with Gasteiger partial charge in [0.05, 0.1) is 25.3 Å². The quantitative estimate of drug-likeness (QED) is 0.420. The number of nitrogens with zero attached hydrogens (tertiary/aromatic N) is 2. The van der Waals surface area contributed by atoms with E-state index in [1.54, 1.807) is 48.2 Å². The summed E-state index contributed by atoms with van der Waals surface area (Å²) in [5, 5.41) is 2.02. The fraction of sp³-hybridized carbons (Fsp3) is 0.100. The third-order valence-electron chi connectivity index (χ3n) is 4.05. The number of rotatable bonds is 5. The fourth-order valence-corrected chi connectivity index (χ4v) is 5.10.